The van der Waals surface area contributed by atoms with Crippen molar-refractivity contribution in [3.05, 3.63) is 23.4 Å². The molecule has 66 valence electrons. The van der Waals surface area contributed by atoms with E-state index in [-0.39, 0.29) is 5.03 Å². The Bertz CT molecular complexity index is 377. The monoisotopic (exact) mass is 187 g/mol. The maximum atomic E-state index is 10.6. The highest BCUT2D eigenvalue weighted by Crippen LogP contribution is 2.08. The fourth-order valence-electron chi connectivity index (χ4n) is 0.936. The van der Waals surface area contributed by atoms with E-state index in [0.29, 0.717) is 5.69 Å². The normalized spacial score (nSPS) is 11.6. The van der Waals surface area contributed by atoms with Gasteiger partial charge in [0.25, 0.3) is 0 Å². The van der Waals surface area contributed by atoms with Gasteiger partial charge in [0.05, 0.1) is 0 Å². The molecule has 0 aliphatic heterocycles. The number of pyridine rings is 1. The van der Waals surface area contributed by atoms with Gasteiger partial charge in [0.1, 0.15) is 0 Å². The molecular formula is C7H9NO3S. The first-order valence-corrected chi connectivity index (χ1v) is 4.76. The predicted molar refractivity (Wildman–Crippen MR) is 43.5 cm³/mol. The van der Waals surface area contributed by atoms with Crippen LogP contribution in [0.25, 0.3) is 0 Å². The molecule has 5 heteroatoms. The molecule has 0 saturated carbocycles. The lowest BCUT2D eigenvalue weighted by atomic mass is 10.3. The summed E-state index contributed by atoms with van der Waals surface area (Å²) in [6.07, 6.45) is 0. The number of nitrogens with zero attached hydrogens (tertiary/aromatic N) is 1. The van der Waals surface area contributed by atoms with E-state index >= 15 is 0 Å². The van der Waals surface area contributed by atoms with Gasteiger partial charge in [-0.3, -0.25) is 4.55 Å². The summed E-state index contributed by atoms with van der Waals surface area (Å²) in [5.74, 6) is 0. The van der Waals surface area contributed by atoms with Crippen LogP contribution < -0.4 is 0 Å². The first kappa shape index (κ1) is 9.15. The summed E-state index contributed by atoms with van der Waals surface area (Å²) in [4.78, 5) is 3.67. The number of aryl methyl sites for hydroxylation is 2. The van der Waals surface area contributed by atoms with E-state index in [1.54, 1.807) is 19.9 Å². The minimum absolute atomic E-state index is 0.292. The molecule has 1 aromatic rings. The van der Waals surface area contributed by atoms with Crippen LogP contribution in [-0.2, 0) is 10.1 Å². The van der Waals surface area contributed by atoms with Gasteiger partial charge >= 0.3 is 10.1 Å². The first-order valence-electron chi connectivity index (χ1n) is 3.32. The molecular weight excluding hydrogens is 178 g/mol. The van der Waals surface area contributed by atoms with E-state index in [1.165, 1.54) is 6.07 Å². The predicted octanol–water partition coefficient (Wildman–Crippen LogP) is 0.945. The van der Waals surface area contributed by atoms with Crippen molar-refractivity contribution in [1.29, 1.82) is 0 Å². The van der Waals surface area contributed by atoms with E-state index in [0.717, 1.165) is 5.56 Å². The molecule has 1 aromatic heterocycles. The fourth-order valence-corrected chi connectivity index (χ4v) is 1.53. The molecule has 1 N–H and O–H groups in total. The lowest BCUT2D eigenvalue weighted by Crippen LogP contribution is -2.02. The molecule has 0 saturated heterocycles. The van der Waals surface area contributed by atoms with Crippen molar-refractivity contribution < 1.29 is 13.0 Å². The molecule has 0 aliphatic carbocycles. The smallest absolute Gasteiger partial charge is 0.281 e. The van der Waals surface area contributed by atoms with Crippen molar-refractivity contribution in [3.63, 3.8) is 0 Å². The highest BCUT2D eigenvalue weighted by Gasteiger charge is 2.11. The fraction of sp³-hybridized carbons (Fsp3) is 0.286. The Balaban J connectivity index is 3.37. The van der Waals surface area contributed by atoms with Gasteiger partial charge in [-0.15, -0.1) is 0 Å². The molecule has 0 amide bonds. The summed E-state index contributed by atoms with van der Waals surface area (Å²) in [5.41, 5.74) is 1.33. The topological polar surface area (TPSA) is 67.3 Å². The summed E-state index contributed by atoms with van der Waals surface area (Å²) in [7, 11) is -4.16. The van der Waals surface area contributed by atoms with Crippen molar-refractivity contribution in [2.24, 2.45) is 0 Å². The number of rotatable bonds is 1. The molecule has 0 spiro atoms. The minimum atomic E-state index is -4.16. The minimum Gasteiger partial charge on any atom is -0.281 e. The van der Waals surface area contributed by atoms with Crippen molar-refractivity contribution in [3.8, 4) is 0 Å². The van der Waals surface area contributed by atoms with Crippen LogP contribution in [0.15, 0.2) is 17.2 Å². The van der Waals surface area contributed by atoms with Crippen LogP contribution in [-0.4, -0.2) is 18.0 Å². The Morgan fingerprint density at radius 1 is 1.33 bits per heavy atom. The first-order chi connectivity index (χ1) is 5.39. The molecule has 0 aromatic carbocycles. The molecule has 1 rings (SSSR count). The van der Waals surface area contributed by atoms with Gasteiger partial charge in [0, 0.05) is 5.69 Å². The summed E-state index contributed by atoms with van der Waals surface area (Å²) in [6.45, 7) is 3.41. The molecule has 0 unspecified atom stereocenters. The highest BCUT2D eigenvalue weighted by molar-refractivity contribution is 7.85. The lowest BCUT2D eigenvalue weighted by Gasteiger charge is -1.99. The highest BCUT2D eigenvalue weighted by atomic mass is 32.2. The number of hydrogen-bond acceptors (Lipinski definition) is 3. The zero-order valence-corrected chi connectivity index (χ0v) is 7.59. The average Bonchev–Trinajstić information content (AvgIpc) is 1.82. The largest absolute Gasteiger partial charge is 0.312 e. The summed E-state index contributed by atoms with van der Waals surface area (Å²) in [5, 5.41) is -0.292. The molecule has 0 fully saturated rings. The van der Waals surface area contributed by atoms with E-state index < -0.39 is 10.1 Å². The van der Waals surface area contributed by atoms with E-state index in [2.05, 4.69) is 4.98 Å². The summed E-state index contributed by atoms with van der Waals surface area (Å²) < 4.78 is 29.9. The van der Waals surface area contributed by atoms with Gasteiger partial charge in [-0.1, -0.05) is 0 Å². The Kier molecular flexibility index (Phi) is 2.16. The van der Waals surface area contributed by atoms with Crippen LogP contribution in [0.5, 0.6) is 0 Å². The van der Waals surface area contributed by atoms with Crippen LogP contribution >= 0.6 is 0 Å². The maximum absolute atomic E-state index is 10.6. The van der Waals surface area contributed by atoms with Gasteiger partial charge in [0.2, 0.25) is 0 Å². The van der Waals surface area contributed by atoms with Crippen LogP contribution in [0, 0.1) is 13.8 Å². The summed E-state index contributed by atoms with van der Waals surface area (Å²) >= 11 is 0. The van der Waals surface area contributed by atoms with Crippen LogP contribution in [0.1, 0.15) is 11.3 Å². The third kappa shape index (κ3) is 2.02. The Morgan fingerprint density at radius 2 is 1.92 bits per heavy atom. The maximum Gasteiger partial charge on any atom is 0.312 e. The van der Waals surface area contributed by atoms with Crippen LogP contribution in [0.2, 0.25) is 0 Å². The second-order valence-corrected chi connectivity index (χ2v) is 3.97. The molecule has 0 bridgehead atoms. The molecule has 12 heavy (non-hydrogen) atoms. The molecule has 4 nitrogen and oxygen atoms in total. The van der Waals surface area contributed by atoms with Gasteiger partial charge in [-0.05, 0) is 31.5 Å². The summed E-state index contributed by atoms with van der Waals surface area (Å²) in [6, 6.07) is 3.05. The molecule has 0 radical (unpaired) electrons. The Morgan fingerprint density at radius 3 is 2.33 bits per heavy atom. The van der Waals surface area contributed by atoms with Crippen LogP contribution in [0.3, 0.4) is 0 Å². The van der Waals surface area contributed by atoms with Crippen molar-refractivity contribution in [2.75, 3.05) is 0 Å². The Hall–Kier alpha value is -0.940. The zero-order valence-electron chi connectivity index (χ0n) is 6.77. The van der Waals surface area contributed by atoms with Gasteiger partial charge in [0.15, 0.2) is 5.03 Å². The standard InChI is InChI=1S/C7H9NO3S/c1-5-3-6(2)8-7(4-5)12(9,10)11/h3-4H,1-2H3,(H,9,10,11). The molecule has 1 heterocycles. The van der Waals surface area contributed by atoms with Gasteiger partial charge in [-0.25, -0.2) is 4.98 Å². The third-order valence-electron chi connectivity index (χ3n) is 1.34. The average molecular weight is 187 g/mol. The second-order valence-electron chi connectivity index (χ2n) is 2.60. The molecule has 0 atom stereocenters. The lowest BCUT2D eigenvalue weighted by molar-refractivity contribution is 0.479. The van der Waals surface area contributed by atoms with Gasteiger partial charge in [-0.2, -0.15) is 8.42 Å². The van der Waals surface area contributed by atoms with Crippen molar-refractivity contribution in [2.45, 2.75) is 18.9 Å². The number of hydrogen-bond donors (Lipinski definition) is 1. The number of aromatic nitrogens is 1. The molecule has 0 aliphatic rings. The van der Waals surface area contributed by atoms with Crippen molar-refractivity contribution in [1.82, 2.24) is 4.98 Å². The van der Waals surface area contributed by atoms with E-state index in [1.807, 2.05) is 0 Å². The third-order valence-corrected chi connectivity index (χ3v) is 2.08. The quantitative estimate of drug-likeness (QED) is 0.664. The van der Waals surface area contributed by atoms with Gasteiger partial charge < -0.3 is 0 Å². The van der Waals surface area contributed by atoms with E-state index in [4.69, 9.17) is 4.55 Å². The van der Waals surface area contributed by atoms with Crippen LogP contribution in [0.4, 0.5) is 0 Å². The Labute approximate surface area is 71.0 Å². The van der Waals surface area contributed by atoms with E-state index in [9.17, 15) is 8.42 Å². The SMILES string of the molecule is Cc1cc(C)nc(S(=O)(=O)O)c1. The zero-order chi connectivity index (χ0) is 9.35. The second kappa shape index (κ2) is 2.84. The van der Waals surface area contributed by atoms with Crippen molar-refractivity contribution >= 4 is 10.1 Å².